The van der Waals surface area contributed by atoms with Crippen LogP contribution in [-0.2, 0) is 38.1 Å². The fourth-order valence-electron chi connectivity index (χ4n) is 6.34. The van der Waals surface area contributed by atoms with Gasteiger partial charge in [-0.3, -0.25) is 14.4 Å². The monoisotopic (exact) mass is 476 g/mol. The highest BCUT2D eigenvalue weighted by atomic mass is 16.6. The minimum atomic E-state index is -2.60. The maximum absolute atomic E-state index is 13.6. The first-order valence-corrected chi connectivity index (χ1v) is 11.1. The summed E-state index contributed by atoms with van der Waals surface area (Å²) < 4.78 is 26.3. The number of methoxy groups -OCH3 is 2. The topological polar surface area (TPSA) is 139 Å². The van der Waals surface area contributed by atoms with E-state index >= 15 is 0 Å². The van der Waals surface area contributed by atoms with Gasteiger partial charge in [-0.15, -0.1) is 0 Å². The Balaban J connectivity index is 1.93. The summed E-state index contributed by atoms with van der Waals surface area (Å²) in [7, 11) is 2.21. The van der Waals surface area contributed by atoms with Gasteiger partial charge in [-0.1, -0.05) is 11.6 Å². The molecule has 1 saturated carbocycles. The van der Waals surface area contributed by atoms with Crippen molar-refractivity contribution in [2.75, 3.05) is 14.2 Å². The summed E-state index contributed by atoms with van der Waals surface area (Å²) in [5.74, 6) is -4.23. The number of fused-ring (bicyclic) bond motifs is 2. The van der Waals surface area contributed by atoms with Crippen molar-refractivity contribution in [1.29, 1.82) is 0 Å². The molecule has 1 aromatic rings. The molecule has 2 heterocycles. The molecular weight excluding hydrogens is 448 g/mol. The van der Waals surface area contributed by atoms with E-state index in [0.717, 1.165) is 21.1 Å². The number of carbonyl (C=O) groups excluding carboxylic acids is 4. The summed E-state index contributed by atoms with van der Waals surface area (Å²) in [5.41, 5.74) is -4.55. The van der Waals surface area contributed by atoms with Crippen LogP contribution in [0, 0.1) is 16.7 Å². The average Bonchev–Trinajstić information content (AvgIpc) is 3.46. The zero-order valence-corrected chi connectivity index (χ0v) is 19.5. The van der Waals surface area contributed by atoms with Crippen molar-refractivity contribution in [2.24, 2.45) is 16.7 Å². The molecule has 1 aromatic heterocycles. The predicted octanol–water partition coefficient (Wildman–Crippen LogP) is 2.01. The van der Waals surface area contributed by atoms with E-state index < -0.39 is 58.4 Å². The van der Waals surface area contributed by atoms with Crippen LogP contribution in [0.2, 0.25) is 0 Å². The van der Waals surface area contributed by atoms with E-state index in [1.54, 1.807) is 19.1 Å². The Labute approximate surface area is 196 Å². The Bertz CT molecular complexity index is 1040. The fraction of sp³-hybridized carbons (Fsp3) is 0.583. The van der Waals surface area contributed by atoms with Crippen molar-refractivity contribution in [3.05, 3.63) is 35.8 Å². The lowest BCUT2D eigenvalue weighted by molar-refractivity contribution is -0.247. The van der Waals surface area contributed by atoms with Crippen LogP contribution in [0.5, 0.6) is 0 Å². The van der Waals surface area contributed by atoms with Gasteiger partial charge in [0.15, 0.2) is 0 Å². The van der Waals surface area contributed by atoms with Gasteiger partial charge in [0.05, 0.1) is 32.2 Å². The van der Waals surface area contributed by atoms with E-state index in [2.05, 4.69) is 0 Å². The first-order valence-electron chi connectivity index (χ1n) is 11.1. The first kappa shape index (κ1) is 24.0. The molecule has 2 aliphatic carbocycles. The Morgan fingerprint density at radius 2 is 1.85 bits per heavy atom. The van der Waals surface area contributed by atoms with Gasteiger partial charge in [-0.25, -0.2) is 4.79 Å². The second kappa shape index (κ2) is 8.26. The van der Waals surface area contributed by atoms with Crippen LogP contribution >= 0.6 is 0 Å². The van der Waals surface area contributed by atoms with E-state index in [-0.39, 0.29) is 25.7 Å². The third kappa shape index (κ3) is 2.97. The van der Waals surface area contributed by atoms with E-state index in [1.165, 1.54) is 12.5 Å². The van der Waals surface area contributed by atoms with Crippen LogP contribution in [0.3, 0.4) is 0 Å². The van der Waals surface area contributed by atoms with Gasteiger partial charge in [0.1, 0.15) is 17.6 Å². The first-order chi connectivity index (χ1) is 16.1. The molecule has 6 atom stereocenters. The van der Waals surface area contributed by atoms with Crippen molar-refractivity contribution >= 4 is 23.9 Å². The highest BCUT2D eigenvalue weighted by molar-refractivity contribution is 5.95. The van der Waals surface area contributed by atoms with Crippen LogP contribution in [0.1, 0.15) is 51.2 Å². The maximum atomic E-state index is 13.6. The van der Waals surface area contributed by atoms with Crippen LogP contribution in [0.25, 0.3) is 0 Å². The van der Waals surface area contributed by atoms with E-state index in [4.69, 9.17) is 23.4 Å². The SMILES string of the molecule is COC(=O)[C@@]12CC=C(C)[C@@]3(C[C@@H](c4ccoc4)OC3=O)[C@H]1CC[C@@H](OC(C)=O)[C@@]2(O)C(=O)OC. The zero-order chi connectivity index (χ0) is 24.9. The highest BCUT2D eigenvalue weighted by Gasteiger charge is 2.78. The molecule has 184 valence electrons. The van der Waals surface area contributed by atoms with Crippen molar-refractivity contribution < 1.29 is 47.6 Å². The maximum Gasteiger partial charge on any atom is 0.343 e. The van der Waals surface area contributed by atoms with Crippen LogP contribution in [-0.4, -0.2) is 54.9 Å². The predicted molar refractivity (Wildman–Crippen MR) is 113 cm³/mol. The van der Waals surface area contributed by atoms with Crippen LogP contribution in [0.15, 0.2) is 34.7 Å². The second-order valence-electron chi connectivity index (χ2n) is 9.17. The molecule has 10 nitrogen and oxygen atoms in total. The Morgan fingerprint density at radius 1 is 1.15 bits per heavy atom. The lowest BCUT2D eigenvalue weighted by atomic mass is 9.44. The minimum absolute atomic E-state index is 0.0211. The summed E-state index contributed by atoms with van der Waals surface area (Å²) in [4.78, 5) is 52.1. The molecular formula is C24H28O10. The lowest BCUT2D eigenvalue weighted by Crippen LogP contribution is -2.73. The quantitative estimate of drug-likeness (QED) is 0.390. The van der Waals surface area contributed by atoms with Gasteiger partial charge < -0.3 is 28.5 Å². The lowest BCUT2D eigenvalue weighted by Gasteiger charge is -2.58. The summed E-state index contributed by atoms with van der Waals surface area (Å²) >= 11 is 0. The zero-order valence-electron chi connectivity index (χ0n) is 19.5. The number of furan rings is 1. The Hall–Kier alpha value is -3.14. The molecule has 2 fully saturated rings. The summed E-state index contributed by atoms with van der Waals surface area (Å²) in [6.45, 7) is 2.92. The number of rotatable bonds is 4. The largest absolute Gasteiger partial charge is 0.472 e. The molecule has 1 saturated heterocycles. The summed E-state index contributed by atoms with van der Waals surface area (Å²) in [6, 6.07) is 1.69. The molecule has 0 aromatic carbocycles. The Kier molecular flexibility index (Phi) is 5.83. The van der Waals surface area contributed by atoms with Crippen LogP contribution < -0.4 is 0 Å². The minimum Gasteiger partial charge on any atom is -0.472 e. The number of ether oxygens (including phenoxy) is 4. The van der Waals surface area contributed by atoms with E-state index in [1.807, 2.05) is 0 Å². The molecule has 1 N–H and O–H groups in total. The highest BCUT2D eigenvalue weighted by Crippen LogP contribution is 2.67. The third-order valence-corrected chi connectivity index (χ3v) is 7.88. The van der Waals surface area contributed by atoms with Crippen LogP contribution in [0.4, 0.5) is 0 Å². The van der Waals surface area contributed by atoms with Gasteiger partial charge in [-0.05, 0) is 38.2 Å². The number of carbonyl (C=O) groups is 4. The van der Waals surface area contributed by atoms with Crippen molar-refractivity contribution in [3.8, 4) is 0 Å². The van der Waals surface area contributed by atoms with Crippen molar-refractivity contribution in [1.82, 2.24) is 0 Å². The molecule has 3 aliphatic rings. The third-order valence-electron chi connectivity index (χ3n) is 7.88. The van der Waals surface area contributed by atoms with E-state index in [0.29, 0.717) is 11.1 Å². The molecule has 1 spiro atoms. The standard InChI is InChI=1S/C24H28O10/c1-13-7-9-23(20(27)30-3)17(5-6-18(33-14(2)25)24(23,29)21(28)31-4)22(13)11-16(34-19(22)26)15-8-10-32-12-15/h7-8,10,12,16-18,29H,5-6,9,11H2,1-4H3/t16-,17+,18+,22-,23+,24+/m0/s1. The van der Waals surface area contributed by atoms with Crippen molar-refractivity contribution in [3.63, 3.8) is 0 Å². The normalized spacial score (nSPS) is 36.8. The molecule has 0 amide bonds. The smallest absolute Gasteiger partial charge is 0.343 e. The molecule has 34 heavy (non-hydrogen) atoms. The number of aliphatic hydroxyl groups is 1. The Morgan fingerprint density at radius 3 is 2.44 bits per heavy atom. The molecule has 0 radical (unpaired) electrons. The number of hydrogen-bond acceptors (Lipinski definition) is 10. The average molecular weight is 476 g/mol. The van der Waals surface area contributed by atoms with Gasteiger partial charge in [0.25, 0.3) is 0 Å². The summed E-state index contributed by atoms with van der Waals surface area (Å²) in [6.07, 6.45) is 2.84. The van der Waals surface area contributed by atoms with Gasteiger partial charge in [0.2, 0.25) is 5.60 Å². The molecule has 0 bridgehead atoms. The number of esters is 4. The van der Waals surface area contributed by atoms with Gasteiger partial charge in [-0.2, -0.15) is 0 Å². The second-order valence-corrected chi connectivity index (χ2v) is 9.17. The number of hydrogen-bond donors (Lipinski definition) is 1. The molecule has 10 heteroatoms. The summed E-state index contributed by atoms with van der Waals surface area (Å²) in [5, 5.41) is 12.0. The fourth-order valence-corrected chi connectivity index (χ4v) is 6.34. The van der Waals surface area contributed by atoms with Gasteiger partial charge in [0, 0.05) is 18.9 Å². The molecule has 4 rings (SSSR count). The molecule has 1 aliphatic heterocycles. The number of allylic oxidation sites excluding steroid dienone is 1. The molecule has 0 unspecified atom stereocenters. The van der Waals surface area contributed by atoms with Crippen molar-refractivity contribution in [2.45, 2.75) is 57.3 Å². The van der Waals surface area contributed by atoms with Gasteiger partial charge >= 0.3 is 23.9 Å². The number of cyclic esters (lactones) is 1. The van der Waals surface area contributed by atoms with E-state index in [9.17, 15) is 24.3 Å².